The molecule has 0 aliphatic carbocycles. The Balaban J connectivity index is 1.76. The molecular formula is C16H22N2O3S2. The van der Waals surface area contributed by atoms with E-state index in [1.54, 1.807) is 22.7 Å². The molecule has 1 amide bonds. The molecule has 5 nitrogen and oxygen atoms in total. The molecular weight excluding hydrogens is 332 g/mol. The molecule has 1 fully saturated rings. The minimum Gasteiger partial charge on any atom is -0.340 e. The second-order valence-corrected chi connectivity index (χ2v) is 8.93. The Bertz CT molecular complexity index is 695. The van der Waals surface area contributed by atoms with Crippen LogP contribution in [0.2, 0.25) is 0 Å². The third-order valence-electron chi connectivity index (χ3n) is 4.41. The standard InChI is InChI=1S/C16H22N2O3S2/c1-2-16(19)17-7-9-18(10-8-17)23(20,21)14-5-6-15-13(12-14)4-3-11-22-15/h5-6,12H,2-4,7-11H2,1H3. The van der Waals surface area contributed by atoms with Crippen molar-refractivity contribution in [2.24, 2.45) is 0 Å². The highest BCUT2D eigenvalue weighted by Gasteiger charge is 2.30. The molecule has 0 unspecified atom stereocenters. The molecule has 1 aromatic carbocycles. The molecule has 2 aliphatic heterocycles. The summed E-state index contributed by atoms with van der Waals surface area (Å²) >= 11 is 1.80. The summed E-state index contributed by atoms with van der Waals surface area (Å²) in [5.41, 5.74) is 1.14. The van der Waals surface area contributed by atoms with Gasteiger partial charge in [0.25, 0.3) is 0 Å². The number of carbonyl (C=O) groups is 1. The maximum atomic E-state index is 12.8. The van der Waals surface area contributed by atoms with Gasteiger partial charge in [-0.15, -0.1) is 11.8 Å². The summed E-state index contributed by atoms with van der Waals surface area (Å²) in [4.78, 5) is 15.0. The third kappa shape index (κ3) is 3.41. The normalized spacial score (nSPS) is 19.4. The zero-order valence-electron chi connectivity index (χ0n) is 13.3. The molecule has 1 saturated heterocycles. The molecule has 1 aromatic rings. The van der Waals surface area contributed by atoms with Crippen molar-refractivity contribution >= 4 is 27.7 Å². The molecule has 0 bridgehead atoms. The van der Waals surface area contributed by atoms with E-state index in [0.29, 0.717) is 37.5 Å². The van der Waals surface area contributed by atoms with Crippen molar-refractivity contribution in [3.63, 3.8) is 0 Å². The highest BCUT2D eigenvalue weighted by molar-refractivity contribution is 7.99. The first-order valence-electron chi connectivity index (χ1n) is 8.06. The van der Waals surface area contributed by atoms with E-state index >= 15 is 0 Å². The average molecular weight is 354 g/mol. The number of thioether (sulfide) groups is 1. The van der Waals surface area contributed by atoms with Crippen LogP contribution in [-0.4, -0.2) is 55.5 Å². The Morgan fingerprint density at radius 1 is 1.22 bits per heavy atom. The first kappa shape index (κ1) is 16.8. The molecule has 2 heterocycles. The summed E-state index contributed by atoms with van der Waals surface area (Å²) in [6, 6.07) is 5.49. The van der Waals surface area contributed by atoms with E-state index in [9.17, 15) is 13.2 Å². The smallest absolute Gasteiger partial charge is 0.243 e. The number of sulfonamides is 1. The monoisotopic (exact) mass is 354 g/mol. The van der Waals surface area contributed by atoms with Crippen molar-refractivity contribution in [1.29, 1.82) is 0 Å². The van der Waals surface area contributed by atoms with Crippen molar-refractivity contribution in [3.8, 4) is 0 Å². The highest BCUT2D eigenvalue weighted by Crippen LogP contribution is 2.32. The van der Waals surface area contributed by atoms with Gasteiger partial charge in [0.15, 0.2) is 0 Å². The van der Waals surface area contributed by atoms with E-state index in [1.165, 1.54) is 9.20 Å². The van der Waals surface area contributed by atoms with Crippen LogP contribution in [0.4, 0.5) is 0 Å². The van der Waals surface area contributed by atoms with Crippen LogP contribution in [-0.2, 0) is 21.2 Å². The molecule has 0 N–H and O–H groups in total. The summed E-state index contributed by atoms with van der Waals surface area (Å²) in [7, 11) is -3.47. The summed E-state index contributed by atoms with van der Waals surface area (Å²) in [6.07, 6.45) is 2.51. The molecule has 0 aromatic heterocycles. The lowest BCUT2D eigenvalue weighted by Gasteiger charge is -2.34. The van der Waals surface area contributed by atoms with Crippen LogP contribution in [0.1, 0.15) is 25.3 Å². The number of hydrogen-bond acceptors (Lipinski definition) is 4. The Kier molecular flexibility index (Phi) is 4.98. The number of nitrogens with zero attached hydrogens (tertiary/aromatic N) is 2. The fourth-order valence-corrected chi connectivity index (χ4v) is 5.54. The van der Waals surface area contributed by atoms with Gasteiger partial charge in [-0.3, -0.25) is 4.79 Å². The molecule has 126 valence electrons. The second kappa shape index (κ2) is 6.83. The Morgan fingerprint density at radius 3 is 2.65 bits per heavy atom. The van der Waals surface area contributed by atoms with E-state index in [4.69, 9.17) is 0 Å². The van der Waals surface area contributed by atoms with E-state index in [2.05, 4.69) is 0 Å². The minimum absolute atomic E-state index is 0.0906. The Labute approximate surface area is 142 Å². The van der Waals surface area contributed by atoms with Crippen LogP contribution in [0, 0.1) is 0 Å². The summed E-state index contributed by atoms with van der Waals surface area (Å²) < 4.78 is 27.2. The highest BCUT2D eigenvalue weighted by atomic mass is 32.2. The Hall–Kier alpha value is -1.05. The molecule has 23 heavy (non-hydrogen) atoms. The quantitative estimate of drug-likeness (QED) is 0.833. The Morgan fingerprint density at radius 2 is 1.96 bits per heavy atom. The van der Waals surface area contributed by atoms with Crippen LogP contribution in [0.25, 0.3) is 0 Å². The average Bonchev–Trinajstić information content (AvgIpc) is 2.60. The topological polar surface area (TPSA) is 57.7 Å². The summed E-state index contributed by atoms with van der Waals surface area (Å²) in [5, 5.41) is 0. The number of benzene rings is 1. The molecule has 3 rings (SSSR count). The maximum Gasteiger partial charge on any atom is 0.243 e. The van der Waals surface area contributed by atoms with Crippen LogP contribution in [0.5, 0.6) is 0 Å². The maximum absolute atomic E-state index is 12.8. The number of fused-ring (bicyclic) bond motifs is 1. The predicted octanol–water partition coefficient (Wildman–Crippen LogP) is 1.97. The lowest BCUT2D eigenvalue weighted by atomic mass is 10.1. The van der Waals surface area contributed by atoms with E-state index < -0.39 is 10.0 Å². The van der Waals surface area contributed by atoms with Gasteiger partial charge >= 0.3 is 0 Å². The zero-order chi connectivity index (χ0) is 16.4. The van der Waals surface area contributed by atoms with Crippen molar-refractivity contribution < 1.29 is 13.2 Å². The van der Waals surface area contributed by atoms with Gasteiger partial charge in [-0.05, 0) is 42.4 Å². The zero-order valence-corrected chi connectivity index (χ0v) is 15.0. The van der Waals surface area contributed by atoms with Crippen molar-refractivity contribution in [1.82, 2.24) is 9.21 Å². The van der Waals surface area contributed by atoms with Crippen molar-refractivity contribution in [2.75, 3.05) is 31.9 Å². The van der Waals surface area contributed by atoms with Gasteiger partial charge in [0.05, 0.1) is 4.90 Å². The third-order valence-corrected chi connectivity index (χ3v) is 7.51. The molecule has 0 spiro atoms. The summed E-state index contributed by atoms with van der Waals surface area (Å²) in [6.45, 7) is 3.54. The minimum atomic E-state index is -3.47. The molecule has 2 aliphatic rings. The lowest BCUT2D eigenvalue weighted by molar-refractivity contribution is -0.132. The van der Waals surface area contributed by atoms with Crippen LogP contribution >= 0.6 is 11.8 Å². The second-order valence-electron chi connectivity index (χ2n) is 5.86. The molecule has 0 saturated carbocycles. The number of hydrogen-bond donors (Lipinski definition) is 0. The predicted molar refractivity (Wildman–Crippen MR) is 91.1 cm³/mol. The number of piperazine rings is 1. The van der Waals surface area contributed by atoms with E-state index in [0.717, 1.165) is 24.2 Å². The van der Waals surface area contributed by atoms with Crippen LogP contribution in [0.3, 0.4) is 0 Å². The molecule has 7 heteroatoms. The fraction of sp³-hybridized carbons (Fsp3) is 0.562. The van der Waals surface area contributed by atoms with Crippen LogP contribution in [0.15, 0.2) is 28.0 Å². The van der Waals surface area contributed by atoms with Gasteiger partial charge in [-0.1, -0.05) is 6.92 Å². The SMILES string of the molecule is CCC(=O)N1CCN(S(=O)(=O)c2ccc3c(c2)CCCS3)CC1. The largest absolute Gasteiger partial charge is 0.340 e. The van der Waals surface area contributed by atoms with Crippen molar-refractivity contribution in [2.45, 2.75) is 36.0 Å². The summed E-state index contributed by atoms with van der Waals surface area (Å²) in [5.74, 6) is 1.19. The van der Waals surface area contributed by atoms with Crippen LogP contribution < -0.4 is 0 Å². The van der Waals surface area contributed by atoms with Gasteiger partial charge in [0, 0.05) is 37.5 Å². The number of amides is 1. The first-order valence-corrected chi connectivity index (χ1v) is 10.5. The van der Waals surface area contributed by atoms with E-state index in [1.807, 2.05) is 19.1 Å². The lowest BCUT2D eigenvalue weighted by Crippen LogP contribution is -2.50. The van der Waals surface area contributed by atoms with Crippen molar-refractivity contribution in [3.05, 3.63) is 23.8 Å². The molecule has 0 radical (unpaired) electrons. The van der Waals surface area contributed by atoms with Gasteiger partial charge in [-0.25, -0.2) is 8.42 Å². The number of aryl methyl sites for hydroxylation is 1. The van der Waals surface area contributed by atoms with Gasteiger partial charge in [-0.2, -0.15) is 4.31 Å². The fourth-order valence-electron chi connectivity index (χ4n) is 3.05. The van der Waals surface area contributed by atoms with Gasteiger partial charge in [0.1, 0.15) is 0 Å². The molecule has 0 atom stereocenters. The number of carbonyl (C=O) groups excluding carboxylic acids is 1. The van der Waals surface area contributed by atoms with E-state index in [-0.39, 0.29) is 5.91 Å². The first-order chi connectivity index (χ1) is 11.0. The van der Waals surface area contributed by atoms with Gasteiger partial charge < -0.3 is 4.90 Å². The number of rotatable bonds is 3. The van der Waals surface area contributed by atoms with Gasteiger partial charge in [0.2, 0.25) is 15.9 Å².